The zero-order chi connectivity index (χ0) is 13.7. The number of nitrogens with one attached hydrogen (secondary N) is 4. The molecule has 6 heteroatoms. The normalized spacial score (nSPS) is 21.1. The Morgan fingerprint density at radius 3 is 1.79 bits per heavy atom. The molecule has 6 N–H and O–H groups in total. The fraction of sp³-hybridized carbons (Fsp3) is 0.846. The SMILES string of the molecule is N=C(N)NNC(=N)N(C1CCCCC1)C1CCCC1. The van der Waals surface area contributed by atoms with E-state index in [1.54, 1.807) is 0 Å². The minimum atomic E-state index is -0.153. The number of nitrogens with zero attached hydrogens (tertiary/aromatic N) is 1. The molecule has 0 atom stereocenters. The summed E-state index contributed by atoms with van der Waals surface area (Å²) in [5.74, 6) is 0.216. The molecule has 0 radical (unpaired) electrons. The summed E-state index contributed by atoms with van der Waals surface area (Å²) in [6.45, 7) is 0. The van der Waals surface area contributed by atoms with Crippen LogP contribution in [0.15, 0.2) is 0 Å². The minimum Gasteiger partial charge on any atom is -0.369 e. The molecule has 0 bridgehead atoms. The van der Waals surface area contributed by atoms with E-state index < -0.39 is 0 Å². The predicted octanol–water partition coefficient (Wildman–Crippen LogP) is 1.49. The summed E-state index contributed by atoms with van der Waals surface area (Å²) in [7, 11) is 0. The highest BCUT2D eigenvalue weighted by Gasteiger charge is 2.31. The average Bonchev–Trinajstić information content (AvgIpc) is 2.92. The van der Waals surface area contributed by atoms with Crippen LogP contribution < -0.4 is 16.6 Å². The Balaban J connectivity index is 1.99. The summed E-state index contributed by atoms with van der Waals surface area (Å²) >= 11 is 0. The molecular formula is C13H26N6. The highest BCUT2D eigenvalue weighted by Crippen LogP contribution is 2.30. The quantitative estimate of drug-likeness (QED) is 0.297. The van der Waals surface area contributed by atoms with Crippen LogP contribution in [0.3, 0.4) is 0 Å². The van der Waals surface area contributed by atoms with Crippen molar-refractivity contribution in [3.05, 3.63) is 0 Å². The Labute approximate surface area is 115 Å². The molecule has 6 nitrogen and oxygen atoms in total. The van der Waals surface area contributed by atoms with Crippen LogP contribution in [-0.4, -0.2) is 28.9 Å². The Morgan fingerprint density at radius 1 is 0.842 bits per heavy atom. The summed E-state index contributed by atoms with van der Waals surface area (Å²) in [6.07, 6.45) is 11.1. The molecule has 2 aliphatic carbocycles. The first-order valence-electron chi connectivity index (χ1n) is 7.41. The molecule has 0 aromatic carbocycles. The van der Waals surface area contributed by atoms with Crippen LogP contribution in [0.25, 0.3) is 0 Å². The first kappa shape index (κ1) is 14.0. The van der Waals surface area contributed by atoms with E-state index in [9.17, 15) is 0 Å². The van der Waals surface area contributed by atoms with Gasteiger partial charge in [0, 0.05) is 12.1 Å². The van der Waals surface area contributed by atoms with Crippen LogP contribution in [0.4, 0.5) is 0 Å². The monoisotopic (exact) mass is 266 g/mol. The average molecular weight is 266 g/mol. The van der Waals surface area contributed by atoms with Crippen molar-refractivity contribution >= 4 is 11.9 Å². The van der Waals surface area contributed by atoms with E-state index in [1.807, 2.05) is 0 Å². The second-order valence-corrected chi connectivity index (χ2v) is 5.65. The maximum absolute atomic E-state index is 8.24. The number of guanidine groups is 2. The maximum Gasteiger partial charge on any atom is 0.210 e. The van der Waals surface area contributed by atoms with Crippen molar-refractivity contribution in [1.82, 2.24) is 15.8 Å². The van der Waals surface area contributed by atoms with E-state index in [1.165, 1.54) is 57.8 Å². The van der Waals surface area contributed by atoms with E-state index in [0.29, 0.717) is 18.0 Å². The molecule has 19 heavy (non-hydrogen) atoms. The van der Waals surface area contributed by atoms with Crippen molar-refractivity contribution in [2.75, 3.05) is 0 Å². The first-order valence-corrected chi connectivity index (χ1v) is 7.41. The smallest absolute Gasteiger partial charge is 0.210 e. The van der Waals surface area contributed by atoms with Crippen molar-refractivity contribution in [3.8, 4) is 0 Å². The van der Waals surface area contributed by atoms with Crippen molar-refractivity contribution in [2.45, 2.75) is 69.9 Å². The molecule has 0 saturated heterocycles. The Kier molecular flexibility index (Phi) is 4.87. The van der Waals surface area contributed by atoms with Gasteiger partial charge in [-0.15, -0.1) is 0 Å². The zero-order valence-electron chi connectivity index (χ0n) is 11.5. The highest BCUT2D eigenvalue weighted by atomic mass is 15.5. The number of hydrogen-bond donors (Lipinski definition) is 5. The van der Waals surface area contributed by atoms with Crippen LogP contribution in [0.1, 0.15) is 57.8 Å². The zero-order valence-corrected chi connectivity index (χ0v) is 11.5. The van der Waals surface area contributed by atoms with Gasteiger partial charge in [-0.1, -0.05) is 32.1 Å². The van der Waals surface area contributed by atoms with Gasteiger partial charge < -0.3 is 10.6 Å². The number of hydrogen-bond acceptors (Lipinski definition) is 2. The van der Waals surface area contributed by atoms with Gasteiger partial charge in [-0.05, 0) is 25.7 Å². The van der Waals surface area contributed by atoms with Gasteiger partial charge in [0.05, 0.1) is 0 Å². The molecule has 2 saturated carbocycles. The van der Waals surface area contributed by atoms with E-state index in [2.05, 4.69) is 15.8 Å². The molecule has 0 heterocycles. The van der Waals surface area contributed by atoms with Crippen LogP contribution in [0.2, 0.25) is 0 Å². The molecule has 0 unspecified atom stereocenters. The lowest BCUT2D eigenvalue weighted by molar-refractivity contribution is 0.183. The summed E-state index contributed by atoms with van der Waals surface area (Å²) in [6, 6.07) is 0.961. The number of hydrazine groups is 1. The summed E-state index contributed by atoms with van der Waals surface area (Å²) < 4.78 is 0. The van der Waals surface area contributed by atoms with Gasteiger partial charge in [-0.3, -0.25) is 21.7 Å². The van der Waals surface area contributed by atoms with E-state index >= 15 is 0 Å². The molecule has 2 rings (SSSR count). The lowest BCUT2D eigenvalue weighted by Gasteiger charge is -2.40. The van der Waals surface area contributed by atoms with E-state index in [0.717, 1.165) is 0 Å². The Morgan fingerprint density at radius 2 is 1.32 bits per heavy atom. The second-order valence-electron chi connectivity index (χ2n) is 5.65. The van der Waals surface area contributed by atoms with Gasteiger partial charge in [0.15, 0.2) is 0 Å². The fourth-order valence-corrected chi connectivity index (χ4v) is 3.40. The first-order chi connectivity index (χ1) is 9.18. The third-order valence-electron chi connectivity index (χ3n) is 4.26. The molecule has 0 aromatic heterocycles. The lowest BCUT2D eigenvalue weighted by atomic mass is 9.93. The molecule has 0 spiro atoms. The van der Waals surface area contributed by atoms with Crippen molar-refractivity contribution in [1.29, 1.82) is 10.8 Å². The third-order valence-corrected chi connectivity index (χ3v) is 4.26. The molecule has 0 amide bonds. The standard InChI is InChI=1S/C13H26N6/c14-12(15)17-18-13(16)19(11-8-4-5-9-11)10-6-2-1-3-7-10/h10-11H,1-9H2,(H2,16,18)(H4,14,15,17). The number of nitrogens with two attached hydrogens (primary N) is 1. The van der Waals surface area contributed by atoms with Crippen molar-refractivity contribution in [2.24, 2.45) is 5.73 Å². The van der Waals surface area contributed by atoms with Gasteiger partial charge in [-0.25, -0.2) is 0 Å². The van der Waals surface area contributed by atoms with Gasteiger partial charge in [0.1, 0.15) is 0 Å². The molecular weight excluding hydrogens is 240 g/mol. The van der Waals surface area contributed by atoms with Gasteiger partial charge in [0.2, 0.25) is 11.9 Å². The molecule has 2 aliphatic rings. The fourth-order valence-electron chi connectivity index (χ4n) is 3.40. The maximum atomic E-state index is 8.24. The summed E-state index contributed by atoms with van der Waals surface area (Å²) in [4.78, 5) is 2.24. The topological polar surface area (TPSA) is 101 Å². The van der Waals surface area contributed by atoms with Gasteiger partial charge in [-0.2, -0.15) is 0 Å². The highest BCUT2D eigenvalue weighted by molar-refractivity contribution is 5.82. The van der Waals surface area contributed by atoms with Gasteiger partial charge in [0.25, 0.3) is 0 Å². The molecule has 0 aromatic rings. The lowest BCUT2D eigenvalue weighted by Crippen LogP contribution is -2.56. The van der Waals surface area contributed by atoms with Crippen LogP contribution in [0, 0.1) is 10.8 Å². The van der Waals surface area contributed by atoms with Crippen LogP contribution in [-0.2, 0) is 0 Å². The largest absolute Gasteiger partial charge is 0.369 e. The van der Waals surface area contributed by atoms with E-state index in [4.69, 9.17) is 16.6 Å². The van der Waals surface area contributed by atoms with E-state index in [-0.39, 0.29) is 5.96 Å². The molecule has 2 fully saturated rings. The number of rotatable bonds is 2. The summed E-state index contributed by atoms with van der Waals surface area (Å²) in [5.41, 5.74) is 10.6. The van der Waals surface area contributed by atoms with Crippen molar-refractivity contribution in [3.63, 3.8) is 0 Å². The Hall–Kier alpha value is -1.46. The van der Waals surface area contributed by atoms with Crippen LogP contribution >= 0.6 is 0 Å². The third kappa shape index (κ3) is 3.75. The minimum absolute atomic E-state index is 0.153. The Bertz CT molecular complexity index is 317. The predicted molar refractivity (Wildman–Crippen MR) is 76.9 cm³/mol. The van der Waals surface area contributed by atoms with Crippen LogP contribution in [0.5, 0.6) is 0 Å². The second kappa shape index (κ2) is 6.63. The molecule has 108 valence electrons. The molecule has 0 aliphatic heterocycles. The van der Waals surface area contributed by atoms with Gasteiger partial charge >= 0.3 is 0 Å². The summed E-state index contributed by atoms with van der Waals surface area (Å²) in [5, 5.41) is 15.4. The van der Waals surface area contributed by atoms with Crippen molar-refractivity contribution < 1.29 is 0 Å².